The van der Waals surface area contributed by atoms with Crippen LogP contribution in [0.3, 0.4) is 0 Å². The molecule has 2 aliphatic rings. The lowest BCUT2D eigenvalue weighted by molar-refractivity contribution is 0.0816. The molecule has 2 aromatic rings. The van der Waals surface area contributed by atoms with E-state index in [1.165, 1.54) is 0 Å². The minimum Gasteiger partial charge on any atom is -0.372 e. The third-order valence-electron chi connectivity index (χ3n) is 4.75. The van der Waals surface area contributed by atoms with Crippen LogP contribution in [0.4, 0.5) is 5.82 Å². The fourth-order valence-electron chi connectivity index (χ4n) is 3.43. The van der Waals surface area contributed by atoms with E-state index < -0.39 is 0 Å². The fourth-order valence-corrected chi connectivity index (χ4v) is 3.43. The van der Waals surface area contributed by atoms with E-state index in [0.717, 1.165) is 68.7 Å². The number of aryl methyl sites for hydroxylation is 1. The topological polar surface area (TPSA) is 68.1 Å². The van der Waals surface area contributed by atoms with E-state index in [-0.39, 0.29) is 0 Å². The number of piperidine rings is 1. The van der Waals surface area contributed by atoms with Crippen molar-refractivity contribution in [3.05, 3.63) is 35.8 Å². The summed E-state index contributed by atoms with van der Waals surface area (Å²) in [5.41, 5.74) is 2.16. The third kappa shape index (κ3) is 3.57. The lowest BCUT2D eigenvalue weighted by atomic mass is 10.0. The van der Waals surface area contributed by atoms with Crippen molar-refractivity contribution in [3.8, 4) is 0 Å². The summed E-state index contributed by atoms with van der Waals surface area (Å²) >= 11 is 0. The lowest BCUT2D eigenvalue weighted by Gasteiger charge is -2.32. The van der Waals surface area contributed by atoms with Crippen LogP contribution in [0.2, 0.25) is 0 Å². The number of ether oxygens (including phenoxy) is 1. The molecule has 1 saturated heterocycles. The van der Waals surface area contributed by atoms with Gasteiger partial charge in [0.05, 0.1) is 12.3 Å². The maximum absolute atomic E-state index is 5.46. The minimum atomic E-state index is 0.485. The molecule has 128 valence electrons. The molecule has 1 fully saturated rings. The second kappa shape index (κ2) is 6.86. The predicted octanol–water partition coefficient (Wildman–Crippen LogP) is 1.59. The molecule has 0 aromatic carbocycles. The molecule has 4 heterocycles. The van der Waals surface area contributed by atoms with Crippen molar-refractivity contribution in [1.82, 2.24) is 24.4 Å². The van der Waals surface area contributed by atoms with Gasteiger partial charge in [0, 0.05) is 50.2 Å². The number of anilines is 1. The molecule has 0 unspecified atom stereocenters. The first-order valence-electron chi connectivity index (χ1n) is 8.66. The number of nitrogens with zero attached hydrogens (tertiary/aromatic N) is 5. The third-order valence-corrected chi connectivity index (χ3v) is 4.75. The molecule has 7 heteroatoms. The van der Waals surface area contributed by atoms with Crippen molar-refractivity contribution >= 4 is 5.82 Å². The Morgan fingerprint density at radius 1 is 1.25 bits per heavy atom. The summed E-state index contributed by atoms with van der Waals surface area (Å²) in [6, 6.07) is 2.49. The van der Waals surface area contributed by atoms with Crippen LogP contribution in [0.15, 0.2) is 18.6 Å². The summed E-state index contributed by atoms with van der Waals surface area (Å²) in [6.45, 7) is 7.45. The first-order valence-corrected chi connectivity index (χ1v) is 8.66. The Morgan fingerprint density at radius 2 is 2.12 bits per heavy atom. The van der Waals surface area contributed by atoms with Crippen molar-refractivity contribution in [2.45, 2.75) is 45.5 Å². The van der Waals surface area contributed by atoms with Gasteiger partial charge in [-0.05, 0) is 19.8 Å². The minimum absolute atomic E-state index is 0.485. The quantitative estimate of drug-likeness (QED) is 0.919. The number of imidazole rings is 1. The van der Waals surface area contributed by atoms with Crippen molar-refractivity contribution in [1.29, 1.82) is 0 Å². The standard InChI is InChI=1S/C17H24N6O/c1-13-8-16(19-12-18-13)20-14-2-4-22(5-3-14)9-15-10-23-6-7-24-11-17(23)21-15/h8,10,12,14H,2-7,9,11H2,1H3,(H,18,19,20). The normalized spacial score (nSPS) is 19.2. The van der Waals surface area contributed by atoms with E-state index in [4.69, 9.17) is 9.72 Å². The summed E-state index contributed by atoms with van der Waals surface area (Å²) < 4.78 is 7.69. The number of fused-ring (bicyclic) bond motifs is 1. The first-order chi connectivity index (χ1) is 11.8. The van der Waals surface area contributed by atoms with Gasteiger partial charge in [-0.25, -0.2) is 15.0 Å². The molecule has 0 saturated carbocycles. The van der Waals surface area contributed by atoms with Gasteiger partial charge in [-0.2, -0.15) is 0 Å². The number of rotatable bonds is 4. The van der Waals surface area contributed by atoms with Gasteiger partial charge in [0.2, 0.25) is 0 Å². The van der Waals surface area contributed by atoms with Crippen LogP contribution in [0.5, 0.6) is 0 Å². The highest BCUT2D eigenvalue weighted by Gasteiger charge is 2.21. The van der Waals surface area contributed by atoms with Crippen LogP contribution >= 0.6 is 0 Å². The van der Waals surface area contributed by atoms with Gasteiger partial charge in [-0.1, -0.05) is 0 Å². The van der Waals surface area contributed by atoms with Gasteiger partial charge in [-0.3, -0.25) is 4.90 Å². The average Bonchev–Trinajstić information content (AvgIpc) is 2.99. The summed E-state index contributed by atoms with van der Waals surface area (Å²) in [5.74, 6) is 2.00. The van der Waals surface area contributed by atoms with Gasteiger partial charge >= 0.3 is 0 Å². The molecule has 4 rings (SSSR count). The molecular weight excluding hydrogens is 304 g/mol. The van der Waals surface area contributed by atoms with Crippen LogP contribution in [-0.4, -0.2) is 50.2 Å². The van der Waals surface area contributed by atoms with Crippen LogP contribution in [-0.2, 0) is 24.4 Å². The van der Waals surface area contributed by atoms with E-state index >= 15 is 0 Å². The first kappa shape index (κ1) is 15.5. The maximum atomic E-state index is 5.46. The number of aromatic nitrogens is 4. The molecule has 0 spiro atoms. The van der Waals surface area contributed by atoms with Crippen molar-refractivity contribution < 1.29 is 4.74 Å². The fraction of sp³-hybridized carbons (Fsp3) is 0.588. The second-order valence-electron chi connectivity index (χ2n) is 6.63. The summed E-state index contributed by atoms with van der Waals surface area (Å²) in [5, 5.41) is 3.53. The zero-order chi connectivity index (χ0) is 16.4. The van der Waals surface area contributed by atoms with E-state index in [9.17, 15) is 0 Å². The number of hydrogen-bond acceptors (Lipinski definition) is 6. The van der Waals surface area contributed by atoms with Gasteiger partial charge in [0.15, 0.2) is 0 Å². The lowest BCUT2D eigenvalue weighted by Crippen LogP contribution is -2.38. The molecule has 0 atom stereocenters. The molecular formula is C17H24N6O. The summed E-state index contributed by atoms with van der Waals surface area (Å²) in [6.07, 6.45) is 6.06. The molecule has 0 bridgehead atoms. The molecule has 2 aromatic heterocycles. The van der Waals surface area contributed by atoms with Crippen molar-refractivity contribution in [2.75, 3.05) is 25.0 Å². The Labute approximate surface area is 142 Å². The summed E-state index contributed by atoms with van der Waals surface area (Å²) in [7, 11) is 0. The van der Waals surface area contributed by atoms with Gasteiger partial charge in [0.25, 0.3) is 0 Å². The summed E-state index contributed by atoms with van der Waals surface area (Å²) in [4.78, 5) is 15.6. The maximum Gasteiger partial charge on any atom is 0.135 e. The molecule has 24 heavy (non-hydrogen) atoms. The zero-order valence-corrected chi connectivity index (χ0v) is 14.1. The number of hydrogen-bond donors (Lipinski definition) is 1. The Hall–Kier alpha value is -1.99. The monoisotopic (exact) mass is 328 g/mol. The highest BCUT2D eigenvalue weighted by Crippen LogP contribution is 2.18. The van der Waals surface area contributed by atoms with E-state index in [1.807, 2.05) is 13.0 Å². The SMILES string of the molecule is Cc1cc(NC2CCN(Cc3cn4c(n3)COCC4)CC2)ncn1. The molecule has 0 aliphatic carbocycles. The van der Waals surface area contributed by atoms with Crippen LogP contribution < -0.4 is 5.32 Å². The Balaban J connectivity index is 1.29. The van der Waals surface area contributed by atoms with Crippen molar-refractivity contribution in [3.63, 3.8) is 0 Å². The number of nitrogens with one attached hydrogen (secondary N) is 1. The Morgan fingerprint density at radius 3 is 2.92 bits per heavy atom. The molecule has 7 nitrogen and oxygen atoms in total. The number of likely N-dealkylation sites (tertiary alicyclic amines) is 1. The largest absolute Gasteiger partial charge is 0.372 e. The molecule has 0 amide bonds. The Kier molecular flexibility index (Phi) is 4.44. The molecule has 2 aliphatic heterocycles. The van der Waals surface area contributed by atoms with Gasteiger partial charge < -0.3 is 14.6 Å². The molecule has 0 radical (unpaired) electrons. The highest BCUT2D eigenvalue weighted by molar-refractivity contribution is 5.35. The second-order valence-corrected chi connectivity index (χ2v) is 6.63. The van der Waals surface area contributed by atoms with Gasteiger partial charge in [0.1, 0.15) is 24.6 Å². The van der Waals surface area contributed by atoms with E-state index in [2.05, 4.69) is 30.9 Å². The van der Waals surface area contributed by atoms with Crippen molar-refractivity contribution in [2.24, 2.45) is 0 Å². The van der Waals surface area contributed by atoms with Crippen LogP contribution in [0.25, 0.3) is 0 Å². The predicted molar refractivity (Wildman–Crippen MR) is 90.6 cm³/mol. The smallest absolute Gasteiger partial charge is 0.135 e. The Bertz CT molecular complexity index is 669. The van der Waals surface area contributed by atoms with E-state index in [1.54, 1.807) is 6.33 Å². The average molecular weight is 328 g/mol. The molecule has 1 N–H and O–H groups in total. The van der Waals surface area contributed by atoms with Gasteiger partial charge in [-0.15, -0.1) is 0 Å². The van der Waals surface area contributed by atoms with Crippen LogP contribution in [0.1, 0.15) is 30.1 Å². The zero-order valence-electron chi connectivity index (χ0n) is 14.1. The van der Waals surface area contributed by atoms with Crippen LogP contribution in [0, 0.1) is 6.92 Å². The van der Waals surface area contributed by atoms with E-state index in [0.29, 0.717) is 12.6 Å². The highest BCUT2D eigenvalue weighted by atomic mass is 16.5.